The van der Waals surface area contributed by atoms with E-state index >= 15 is 0 Å². The SMILES string of the molecule is c1ccc2c(c1)Cc1c-2ccc2c1Cc1ccc3nc4c5ccncc5c5ncccc5n4c3c1-2. The molecule has 0 bridgehead atoms. The monoisotopic (exact) mass is 446 g/mol. The van der Waals surface area contributed by atoms with Crippen LogP contribution >= 0.6 is 0 Å². The van der Waals surface area contributed by atoms with Crippen LogP contribution < -0.4 is 0 Å². The molecule has 35 heavy (non-hydrogen) atoms. The van der Waals surface area contributed by atoms with Crippen LogP contribution in [0.4, 0.5) is 0 Å². The molecule has 0 unspecified atom stereocenters. The highest BCUT2D eigenvalue weighted by atomic mass is 15.0. The lowest BCUT2D eigenvalue weighted by Gasteiger charge is -2.11. The Labute approximate surface area is 200 Å². The number of hydrogen-bond donors (Lipinski definition) is 0. The Morgan fingerprint density at radius 3 is 2.57 bits per heavy atom. The van der Waals surface area contributed by atoms with Crippen LogP contribution in [0.1, 0.15) is 22.3 Å². The molecule has 0 amide bonds. The number of aromatic nitrogens is 4. The zero-order chi connectivity index (χ0) is 22.7. The third-order valence-electron chi connectivity index (χ3n) is 7.99. The number of nitrogens with zero attached hydrogens (tertiary/aromatic N) is 4. The molecule has 0 N–H and O–H groups in total. The topological polar surface area (TPSA) is 43.1 Å². The second-order valence-corrected chi connectivity index (χ2v) is 9.66. The Morgan fingerprint density at radius 1 is 0.686 bits per heavy atom. The van der Waals surface area contributed by atoms with Gasteiger partial charge in [0, 0.05) is 34.9 Å². The van der Waals surface area contributed by atoms with Gasteiger partial charge in [0.2, 0.25) is 0 Å². The second kappa shape index (κ2) is 6.10. The standard InChI is InChI=1S/C31H18N4/c1-2-5-19-17(4-1)14-23-20(19)8-9-21-24(23)15-18-7-10-26-30(28(18)21)35-27-6-3-12-33-29(27)25-16-32-13-11-22(25)31(35)34-26/h1-13,16H,14-15H2. The van der Waals surface area contributed by atoms with Crippen LogP contribution in [0, 0.1) is 0 Å². The predicted octanol–water partition coefficient (Wildman–Crippen LogP) is 6.73. The van der Waals surface area contributed by atoms with Crippen molar-refractivity contribution < 1.29 is 0 Å². The summed E-state index contributed by atoms with van der Waals surface area (Å²) in [6, 6.07) is 24.2. The molecule has 0 saturated heterocycles. The lowest BCUT2D eigenvalue weighted by molar-refractivity contribution is 1.16. The van der Waals surface area contributed by atoms with E-state index in [1.54, 1.807) is 0 Å². The maximum atomic E-state index is 5.16. The van der Waals surface area contributed by atoms with Gasteiger partial charge in [-0.15, -0.1) is 0 Å². The number of imidazole rings is 1. The molecule has 9 rings (SSSR count). The van der Waals surface area contributed by atoms with Gasteiger partial charge in [-0.05, 0) is 76.1 Å². The first-order valence-corrected chi connectivity index (χ1v) is 12.0. The summed E-state index contributed by atoms with van der Waals surface area (Å²) in [6.45, 7) is 0. The number of hydrogen-bond acceptors (Lipinski definition) is 3. The minimum absolute atomic E-state index is 0.961. The van der Waals surface area contributed by atoms with Crippen molar-refractivity contribution in [3.63, 3.8) is 0 Å². The van der Waals surface area contributed by atoms with Crippen molar-refractivity contribution in [3.05, 3.63) is 108 Å². The molecule has 162 valence electrons. The zero-order valence-electron chi connectivity index (χ0n) is 18.8. The fourth-order valence-electron chi connectivity index (χ4n) is 6.54. The van der Waals surface area contributed by atoms with Crippen molar-refractivity contribution in [3.8, 4) is 22.3 Å². The molecule has 3 aromatic carbocycles. The van der Waals surface area contributed by atoms with E-state index in [4.69, 9.17) is 9.97 Å². The van der Waals surface area contributed by atoms with Gasteiger partial charge in [-0.2, -0.15) is 0 Å². The van der Waals surface area contributed by atoms with Gasteiger partial charge in [0.05, 0.1) is 22.1 Å². The van der Waals surface area contributed by atoms with Crippen LogP contribution in [0.2, 0.25) is 0 Å². The van der Waals surface area contributed by atoms with E-state index in [0.717, 1.165) is 45.8 Å². The van der Waals surface area contributed by atoms with Crippen molar-refractivity contribution in [1.82, 2.24) is 19.4 Å². The summed E-state index contributed by atoms with van der Waals surface area (Å²) in [5.74, 6) is 0. The van der Waals surface area contributed by atoms with E-state index in [2.05, 4.69) is 70.0 Å². The first-order valence-electron chi connectivity index (χ1n) is 12.0. The summed E-state index contributed by atoms with van der Waals surface area (Å²) in [5.41, 5.74) is 16.4. The average molecular weight is 447 g/mol. The van der Waals surface area contributed by atoms with Crippen molar-refractivity contribution in [2.45, 2.75) is 12.8 Å². The maximum absolute atomic E-state index is 5.16. The molecule has 0 radical (unpaired) electrons. The molecule has 0 atom stereocenters. The molecular formula is C31H18N4. The summed E-state index contributed by atoms with van der Waals surface area (Å²) in [6.07, 6.45) is 7.60. The van der Waals surface area contributed by atoms with Gasteiger partial charge in [-0.3, -0.25) is 14.4 Å². The summed E-state index contributed by atoms with van der Waals surface area (Å²) < 4.78 is 2.33. The third kappa shape index (κ3) is 2.11. The van der Waals surface area contributed by atoms with E-state index in [9.17, 15) is 0 Å². The Kier molecular flexibility index (Phi) is 3.11. The summed E-state index contributed by atoms with van der Waals surface area (Å²) in [5, 5.41) is 2.12. The van der Waals surface area contributed by atoms with Gasteiger partial charge in [-0.1, -0.05) is 42.5 Å². The Morgan fingerprint density at radius 2 is 1.57 bits per heavy atom. The van der Waals surface area contributed by atoms with E-state index in [0.29, 0.717) is 0 Å². The minimum Gasteiger partial charge on any atom is -0.289 e. The Balaban J connectivity index is 1.44. The Bertz CT molecular complexity index is 2070. The highest BCUT2D eigenvalue weighted by Gasteiger charge is 2.30. The molecule has 0 saturated carbocycles. The summed E-state index contributed by atoms with van der Waals surface area (Å²) in [4.78, 5) is 14.3. The number of fused-ring (bicyclic) bond motifs is 16. The highest BCUT2D eigenvalue weighted by molar-refractivity contribution is 6.13. The second-order valence-electron chi connectivity index (χ2n) is 9.66. The summed E-state index contributed by atoms with van der Waals surface area (Å²) >= 11 is 0. The third-order valence-corrected chi connectivity index (χ3v) is 7.99. The van der Waals surface area contributed by atoms with Crippen LogP contribution in [0.15, 0.2) is 85.3 Å². The van der Waals surface area contributed by atoms with Crippen LogP contribution in [-0.4, -0.2) is 19.4 Å². The molecule has 0 aliphatic heterocycles. The first-order chi connectivity index (χ1) is 17.4. The smallest absolute Gasteiger partial charge is 0.146 e. The van der Waals surface area contributed by atoms with Gasteiger partial charge < -0.3 is 0 Å². The highest BCUT2D eigenvalue weighted by Crippen LogP contribution is 2.49. The lowest BCUT2D eigenvalue weighted by Crippen LogP contribution is -1.95. The van der Waals surface area contributed by atoms with E-state index < -0.39 is 0 Å². The fourth-order valence-corrected chi connectivity index (χ4v) is 6.54. The van der Waals surface area contributed by atoms with Gasteiger partial charge >= 0.3 is 0 Å². The van der Waals surface area contributed by atoms with Crippen molar-refractivity contribution in [2.75, 3.05) is 0 Å². The van der Waals surface area contributed by atoms with Crippen molar-refractivity contribution in [1.29, 1.82) is 0 Å². The predicted molar refractivity (Wildman–Crippen MR) is 140 cm³/mol. The van der Waals surface area contributed by atoms with E-state index in [-0.39, 0.29) is 0 Å². The lowest BCUT2D eigenvalue weighted by atomic mass is 9.96. The zero-order valence-corrected chi connectivity index (χ0v) is 18.8. The number of rotatable bonds is 0. The fraction of sp³-hybridized carbons (Fsp3) is 0.0645. The van der Waals surface area contributed by atoms with Crippen LogP contribution in [-0.2, 0) is 12.8 Å². The molecule has 2 aliphatic carbocycles. The van der Waals surface area contributed by atoms with Crippen LogP contribution in [0.25, 0.3) is 60.7 Å². The van der Waals surface area contributed by atoms with Gasteiger partial charge in [0.25, 0.3) is 0 Å². The first kappa shape index (κ1) is 17.8. The maximum Gasteiger partial charge on any atom is 0.146 e. The van der Waals surface area contributed by atoms with Crippen molar-refractivity contribution in [2.24, 2.45) is 0 Å². The van der Waals surface area contributed by atoms with Gasteiger partial charge in [0.15, 0.2) is 0 Å². The average Bonchev–Trinajstić information content (AvgIpc) is 3.59. The van der Waals surface area contributed by atoms with Gasteiger partial charge in [0.1, 0.15) is 5.65 Å². The Hall–Kier alpha value is -4.57. The van der Waals surface area contributed by atoms with Gasteiger partial charge in [-0.25, -0.2) is 4.98 Å². The summed E-state index contributed by atoms with van der Waals surface area (Å²) in [7, 11) is 0. The molecule has 2 aliphatic rings. The molecule has 4 heterocycles. The molecule has 0 spiro atoms. The van der Waals surface area contributed by atoms with Crippen molar-refractivity contribution >= 4 is 38.5 Å². The van der Waals surface area contributed by atoms with Crippen LogP contribution in [0.5, 0.6) is 0 Å². The quantitative estimate of drug-likeness (QED) is 0.243. The number of benzene rings is 3. The largest absolute Gasteiger partial charge is 0.289 e. The normalized spacial score (nSPS) is 13.5. The van der Waals surface area contributed by atoms with Crippen LogP contribution in [0.3, 0.4) is 0 Å². The molecule has 4 heteroatoms. The number of pyridine rings is 3. The molecular weight excluding hydrogens is 428 g/mol. The van der Waals surface area contributed by atoms with E-state index in [1.165, 1.54) is 50.0 Å². The molecule has 4 aromatic heterocycles. The molecule has 7 aromatic rings. The minimum atomic E-state index is 0.961. The molecule has 0 fully saturated rings. The molecule has 4 nitrogen and oxygen atoms in total. The van der Waals surface area contributed by atoms with E-state index in [1.807, 2.05) is 24.7 Å².